The SMILES string of the molecule is c1ccc2c(c1)Sc1cccc3nc(-n4c5ccccc5c5cc6c7ccccc7c7ccccc7c6cc54)nc-2c13. The molecule has 0 saturated carbocycles. The van der Waals surface area contributed by atoms with Crippen LogP contribution in [0.25, 0.3) is 82.2 Å². The Morgan fingerprint density at radius 1 is 0.452 bits per heavy atom. The van der Waals surface area contributed by atoms with E-state index < -0.39 is 0 Å². The summed E-state index contributed by atoms with van der Waals surface area (Å²) in [4.78, 5) is 13.0. The average Bonchev–Trinajstić information content (AvgIpc) is 3.37. The van der Waals surface area contributed by atoms with Crippen molar-refractivity contribution in [3.8, 4) is 17.2 Å². The molecule has 0 saturated heterocycles. The lowest BCUT2D eigenvalue weighted by Crippen LogP contribution is -2.05. The van der Waals surface area contributed by atoms with Crippen molar-refractivity contribution in [2.24, 2.45) is 0 Å². The summed E-state index contributed by atoms with van der Waals surface area (Å²) in [5.74, 6) is 0.701. The average molecular weight is 552 g/mol. The maximum Gasteiger partial charge on any atom is 0.235 e. The van der Waals surface area contributed by atoms with Crippen LogP contribution in [0.5, 0.6) is 0 Å². The molecule has 0 N–H and O–H groups in total. The van der Waals surface area contributed by atoms with Gasteiger partial charge in [-0.25, -0.2) is 9.97 Å². The Labute approximate surface area is 245 Å². The predicted molar refractivity (Wildman–Crippen MR) is 176 cm³/mol. The van der Waals surface area contributed by atoms with E-state index in [1.54, 1.807) is 11.8 Å². The lowest BCUT2D eigenvalue weighted by atomic mass is 9.93. The standard InChI is InChI=1S/C38H21N3S/c1-3-12-24-22(10-1)23-11-2-4-13-25(23)29-21-33-30(20-28(24)29)26-14-5-7-17-32(26)41(33)38-39-31-16-9-19-35-36(31)37(40-38)27-15-6-8-18-34(27)42-35/h1-21H. The molecule has 0 amide bonds. The highest BCUT2D eigenvalue weighted by Crippen LogP contribution is 2.47. The molecule has 0 unspecified atom stereocenters. The van der Waals surface area contributed by atoms with Crippen LogP contribution in [0.15, 0.2) is 137 Å². The van der Waals surface area contributed by atoms with Crippen LogP contribution in [0, 0.1) is 0 Å². The van der Waals surface area contributed by atoms with Gasteiger partial charge in [0.25, 0.3) is 0 Å². The lowest BCUT2D eigenvalue weighted by molar-refractivity contribution is 1.01. The fraction of sp³-hybridized carbons (Fsp3) is 0. The Bertz CT molecular complexity index is 2610. The second-order valence-corrected chi connectivity index (χ2v) is 12.1. The molecule has 2 aromatic heterocycles. The molecule has 1 aliphatic rings. The minimum absolute atomic E-state index is 0.701. The number of benzene rings is 7. The maximum atomic E-state index is 5.35. The van der Waals surface area contributed by atoms with Crippen molar-refractivity contribution in [2.45, 2.75) is 9.79 Å². The Morgan fingerprint density at radius 2 is 1.07 bits per heavy atom. The van der Waals surface area contributed by atoms with Gasteiger partial charge in [0.15, 0.2) is 0 Å². The van der Waals surface area contributed by atoms with Crippen molar-refractivity contribution in [2.75, 3.05) is 0 Å². The number of rotatable bonds is 1. The summed E-state index contributed by atoms with van der Waals surface area (Å²) in [6.45, 7) is 0. The molecule has 9 aromatic rings. The molecule has 0 bridgehead atoms. The van der Waals surface area contributed by atoms with E-state index in [1.807, 2.05) is 0 Å². The van der Waals surface area contributed by atoms with Gasteiger partial charge < -0.3 is 0 Å². The Kier molecular flexibility index (Phi) is 4.38. The van der Waals surface area contributed by atoms with Crippen LogP contribution < -0.4 is 0 Å². The molecule has 0 fully saturated rings. The Morgan fingerprint density at radius 3 is 1.86 bits per heavy atom. The predicted octanol–water partition coefficient (Wildman–Crippen LogP) is 10.3. The molecular formula is C38H21N3S. The van der Waals surface area contributed by atoms with Crippen LogP contribution in [0.2, 0.25) is 0 Å². The third kappa shape index (κ3) is 2.92. The smallest absolute Gasteiger partial charge is 0.235 e. The van der Waals surface area contributed by atoms with E-state index >= 15 is 0 Å². The minimum Gasteiger partial charge on any atom is -0.278 e. The highest BCUT2D eigenvalue weighted by atomic mass is 32.2. The molecule has 42 heavy (non-hydrogen) atoms. The van der Waals surface area contributed by atoms with E-state index in [1.165, 1.54) is 58.4 Å². The molecule has 3 heterocycles. The van der Waals surface area contributed by atoms with Crippen LogP contribution >= 0.6 is 11.8 Å². The van der Waals surface area contributed by atoms with Crippen LogP contribution in [-0.4, -0.2) is 14.5 Å². The Hall–Kier alpha value is -5.19. The first-order valence-electron chi connectivity index (χ1n) is 14.2. The summed E-state index contributed by atoms with van der Waals surface area (Å²) >= 11 is 1.80. The van der Waals surface area contributed by atoms with Gasteiger partial charge in [-0.1, -0.05) is 103 Å². The highest BCUT2D eigenvalue weighted by molar-refractivity contribution is 7.99. The molecule has 194 valence electrons. The topological polar surface area (TPSA) is 30.7 Å². The van der Waals surface area contributed by atoms with Crippen molar-refractivity contribution in [1.82, 2.24) is 14.5 Å². The van der Waals surface area contributed by atoms with Crippen LogP contribution in [0.3, 0.4) is 0 Å². The Balaban J connectivity index is 1.39. The quantitative estimate of drug-likeness (QED) is 0.190. The third-order valence-corrected chi connectivity index (χ3v) is 9.91. The number of fused-ring (bicyclic) bond motifs is 11. The van der Waals surface area contributed by atoms with Crippen molar-refractivity contribution < 1.29 is 0 Å². The second-order valence-electron chi connectivity index (χ2n) is 11.0. The summed E-state index contributed by atoms with van der Waals surface area (Å²) in [5, 5.41) is 11.1. The van der Waals surface area contributed by atoms with E-state index in [2.05, 4.69) is 132 Å². The summed E-state index contributed by atoms with van der Waals surface area (Å²) in [6, 6.07) is 45.9. The summed E-state index contributed by atoms with van der Waals surface area (Å²) in [5.41, 5.74) is 5.36. The van der Waals surface area contributed by atoms with Crippen molar-refractivity contribution in [3.63, 3.8) is 0 Å². The number of hydrogen-bond donors (Lipinski definition) is 0. The van der Waals surface area contributed by atoms with Crippen molar-refractivity contribution >= 4 is 76.8 Å². The molecule has 0 aliphatic carbocycles. The van der Waals surface area contributed by atoms with Gasteiger partial charge in [-0.3, -0.25) is 4.57 Å². The van der Waals surface area contributed by atoms with Crippen LogP contribution in [0.1, 0.15) is 0 Å². The van der Waals surface area contributed by atoms with Crippen LogP contribution in [-0.2, 0) is 0 Å². The van der Waals surface area contributed by atoms with Gasteiger partial charge >= 0.3 is 0 Å². The van der Waals surface area contributed by atoms with E-state index in [4.69, 9.17) is 9.97 Å². The first-order valence-corrected chi connectivity index (χ1v) is 15.0. The molecule has 0 radical (unpaired) electrons. The fourth-order valence-electron chi connectivity index (χ4n) is 6.97. The first kappa shape index (κ1) is 22.5. The molecule has 1 aliphatic heterocycles. The molecule has 10 rings (SSSR count). The molecule has 0 atom stereocenters. The summed E-state index contributed by atoms with van der Waals surface area (Å²) < 4.78 is 2.26. The third-order valence-electron chi connectivity index (χ3n) is 8.77. The molecule has 7 aromatic carbocycles. The van der Waals surface area contributed by atoms with Gasteiger partial charge in [0, 0.05) is 31.5 Å². The van der Waals surface area contributed by atoms with Crippen molar-refractivity contribution in [3.05, 3.63) is 127 Å². The molecule has 0 spiro atoms. The van der Waals surface area contributed by atoms with Crippen LogP contribution in [0.4, 0.5) is 0 Å². The van der Waals surface area contributed by atoms with Gasteiger partial charge in [0.05, 0.1) is 22.2 Å². The maximum absolute atomic E-state index is 5.35. The van der Waals surface area contributed by atoms with Gasteiger partial charge in [-0.15, -0.1) is 0 Å². The van der Waals surface area contributed by atoms with Crippen molar-refractivity contribution in [1.29, 1.82) is 0 Å². The second kappa shape index (κ2) is 8.19. The number of para-hydroxylation sites is 1. The zero-order valence-electron chi connectivity index (χ0n) is 22.4. The molecule has 4 heteroatoms. The largest absolute Gasteiger partial charge is 0.278 e. The van der Waals surface area contributed by atoms with E-state index in [0.717, 1.165) is 27.6 Å². The molecular weight excluding hydrogens is 531 g/mol. The monoisotopic (exact) mass is 551 g/mol. The normalized spacial score (nSPS) is 12.7. The zero-order chi connectivity index (χ0) is 27.4. The summed E-state index contributed by atoms with van der Waals surface area (Å²) in [6.07, 6.45) is 0. The first-order chi connectivity index (χ1) is 20.8. The van der Waals surface area contributed by atoms with E-state index in [0.29, 0.717) is 5.95 Å². The minimum atomic E-state index is 0.701. The van der Waals surface area contributed by atoms with Gasteiger partial charge in [-0.05, 0) is 68.7 Å². The van der Waals surface area contributed by atoms with E-state index in [-0.39, 0.29) is 0 Å². The zero-order valence-corrected chi connectivity index (χ0v) is 23.2. The van der Waals surface area contributed by atoms with Gasteiger partial charge in [0.1, 0.15) is 0 Å². The van der Waals surface area contributed by atoms with Gasteiger partial charge in [-0.2, -0.15) is 0 Å². The molecule has 3 nitrogen and oxygen atoms in total. The lowest BCUT2D eigenvalue weighted by Gasteiger charge is -2.20. The number of hydrogen-bond acceptors (Lipinski definition) is 3. The highest BCUT2D eigenvalue weighted by Gasteiger charge is 2.24. The number of aromatic nitrogens is 3. The summed E-state index contributed by atoms with van der Waals surface area (Å²) in [7, 11) is 0. The number of nitrogens with zero attached hydrogens (tertiary/aromatic N) is 3. The van der Waals surface area contributed by atoms with Gasteiger partial charge in [0.2, 0.25) is 5.95 Å². The van der Waals surface area contributed by atoms with E-state index in [9.17, 15) is 0 Å². The fourth-order valence-corrected chi connectivity index (χ4v) is 8.08.